The van der Waals surface area contributed by atoms with Gasteiger partial charge >= 0.3 is 0 Å². The molecule has 142 valence electrons. The molecule has 2 nitrogen and oxygen atoms in total. The molecular formula is C23H39NO. The summed E-state index contributed by atoms with van der Waals surface area (Å²) in [6.07, 6.45) is 17.1. The van der Waals surface area contributed by atoms with Crippen LogP contribution in [0, 0.1) is 0 Å². The van der Waals surface area contributed by atoms with Crippen LogP contribution >= 0.6 is 0 Å². The van der Waals surface area contributed by atoms with E-state index in [2.05, 4.69) is 37.3 Å². The van der Waals surface area contributed by atoms with Crippen molar-refractivity contribution in [1.82, 2.24) is 5.06 Å². The third kappa shape index (κ3) is 7.92. The fourth-order valence-corrected chi connectivity index (χ4v) is 4.20. The predicted octanol–water partition coefficient (Wildman–Crippen LogP) is 6.93. The molecule has 1 fully saturated rings. The second-order valence-corrected chi connectivity index (χ2v) is 7.92. The lowest BCUT2D eigenvalue weighted by atomic mass is 9.84. The molecule has 25 heavy (non-hydrogen) atoms. The number of hydroxylamine groups is 2. The zero-order chi connectivity index (χ0) is 17.7. The summed E-state index contributed by atoms with van der Waals surface area (Å²) in [6, 6.07) is 11.2. The summed E-state index contributed by atoms with van der Waals surface area (Å²) in [4.78, 5) is 0. The van der Waals surface area contributed by atoms with Crippen molar-refractivity contribution in [3.8, 4) is 0 Å². The van der Waals surface area contributed by atoms with E-state index in [9.17, 15) is 5.21 Å². The third-order valence-electron chi connectivity index (χ3n) is 5.85. The van der Waals surface area contributed by atoms with E-state index < -0.39 is 0 Å². The second kappa shape index (κ2) is 12.5. The molecule has 2 rings (SSSR count). The van der Waals surface area contributed by atoms with Gasteiger partial charge < -0.3 is 5.21 Å². The highest BCUT2D eigenvalue weighted by molar-refractivity contribution is 5.20. The van der Waals surface area contributed by atoms with Crippen LogP contribution in [0.15, 0.2) is 30.3 Å². The Morgan fingerprint density at radius 1 is 0.880 bits per heavy atom. The zero-order valence-corrected chi connectivity index (χ0v) is 16.3. The van der Waals surface area contributed by atoms with Crippen LogP contribution in [0.25, 0.3) is 0 Å². The summed E-state index contributed by atoms with van der Waals surface area (Å²) < 4.78 is 0. The number of rotatable bonds is 12. The average molecular weight is 346 g/mol. The molecular weight excluding hydrogens is 306 g/mol. The Labute approximate surface area is 155 Å². The Hall–Kier alpha value is -0.860. The first-order valence-corrected chi connectivity index (χ1v) is 10.8. The minimum atomic E-state index is 0.355. The van der Waals surface area contributed by atoms with Crippen LogP contribution in [-0.4, -0.2) is 22.9 Å². The Morgan fingerprint density at radius 2 is 1.48 bits per heavy atom. The van der Waals surface area contributed by atoms with Gasteiger partial charge in [-0.25, -0.2) is 0 Å². The molecule has 0 aliphatic carbocycles. The minimum absolute atomic E-state index is 0.355. The van der Waals surface area contributed by atoms with Crippen LogP contribution in [-0.2, 0) is 0 Å². The van der Waals surface area contributed by atoms with Gasteiger partial charge in [-0.05, 0) is 30.7 Å². The Morgan fingerprint density at radius 3 is 2.12 bits per heavy atom. The van der Waals surface area contributed by atoms with Crippen molar-refractivity contribution < 1.29 is 5.21 Å². The fourth-order valence-electron chi connectivity index (χ4n) is 4.20. The van der Waals surface area contributed by atoms with Crippen molar-refractivity contribution in [2.24, 2.45) is 0 Å². The summed E-state index contributed by atoms with van der Waals surface area (Å²) in [6.45, 7) is 3.10. The van der Waals surface area contributed by atoms with Gasteiger partial charge in [0.2, 0.25) is 0 Å². The van der Waals surface area contributed by atoms with Crippen LogP contribution in [0.2, 0.25) is 0 Å². The standard InChI is InChI=1S/C23H39NO/c1-2-3-4-5-6-7-8-9-10-14-17-23-20-22(18-19-24(23)25)21-15-12-11-13-16-21/h11-13,15-16,22-23,25H,2-10,14,17-20H2,1H3/t22-,23-/m0/s1. The van der Waals surface area contributed by atoms with Gasteiger partial charge in [0.05, 0.1) is 0 Å². The summed E-state index contributed by atoms with van der Waals surface area (Å²) in [5.74, 6) is 0.623. The lowest BCUT2D eigenvalue weighted by Crippen LogP contribution is -2.39. The van der Waals surface area contributed by atoms with Crippen LogP contribution in [0.3, 0.4) is 0 Å². The first kappa shape index (κ1) is 20.5. The maximum atomic E-state index is 10.2. The Balaban J connectivity index is 1.55. The van der Waals surface area contributed by atoms with E-state index in [0.717, 1.165) is 25.8 Å². The average Bonchev–Trinajstić information content (AvgIpc) is 2.65. The molecule has 0 radical (unpaired) electrons. The number of piperidine rings is 1. The summed E-state index contributed by atoms with van der Waals surface area (Å²) in [5.41, 5.74) is 1.45. The van der Waals surface area contributed by atoms with Crippen molar-refractivity contribution in [2.75, 3.05) is 6.54 Å². The van der Waals surface area contributed by atoms with Crippen molar-refractivity contribution in [3.05, 3.63) is 35.9 Å². The van der Waals surface area contributed by atoms with Crippen molar-refractivity contribution in [3.63, 3.8) is 0 Å². The molecule has 2 heteroatoms. The Bertz CT molecular complexity index is 433. The largest absolute Gasteiger partial charge is 0.314 e. The maximum Gasteiger partial charge on any atom is 0.0356 e. The van der Waals surface area contributed by atoms with Gasteiger partial charge in [0.15, 0.2) is 0 Å². The predicted molar refractivity (Wildman–Crippen MR) is 107 cm³/mol. The number of benzene rings is 1. The van der Waals surface area contributed by atoms with E-state index in [4.69, 9.17) is 0 Å². The Kier molecular flexibility index (Phi) is 10.2. The number of nitrogens with zero attached hydrogens (tertiary/aromatic N) is 1. The molecule has 2 atom stereocenters. The van der Waals surface area contributed by atoms with Crippen molar-refractivity contribution in [1.29, 1.82) is 0 Å². The van der Waals surface area contributed by atoms with Gasteiger partial charge in [-0.15, -0.1) is 0 Å². The topological polar surface area (TPSA) is 23.5 Å². The van der Waals surface area contributed by atoms with E-state index in [1.165, 1.54) is 69.8 Å². The molecule has 0 saturated carbocycles. The minimum Gasteiger partial charge on any atom is -0.314 e. The first-order valence-electron chi connectivity index (χ1n) is 10.8. The van der Waals surface area contributed by atoms with E-state index in [1.54, 1.807) is 5.06 Å². The van der Waals surface area contributed by atoms with Crippen LogP contribution < -0.4 is 0 Å². The first-order chi connectivity index (χ1) is 12.3. The molecule has 0 unspecified atom stereocenters. The van der Waals surface area contributed by atoms with Gasteiger partial charge in [0.25, 0.3) is 0 Å². The van der Waals surface area contributed by atoms with Crippen LogP contribution in [0.1, 0.15) is 102 Å². The molecule has 1 aliphatic rings. The lowest BCUT2D eigenvalue weighted by Gasteiger charge is -2.35. The smallest absolute Gasteiger partial charge is 0.0356 e. The van der Waals surface area contributed by atoms with Gasteiger partial charge in [-0.1, -0.05) is 101 Å². The third-order valence-corrected chi connectivity index (χ3v) is 5.85. The summed E-state index contributed by atoms with van der Waals surface area (Å²) in [5, 5.41) is 11.8. The number of hydrogen-bond acceptors (Lipinski definition) is 2. The molecule has 0 spiro atoms. The monoisotopic (exact) mass is 345 g/mol. The summed E-state index contributed by atoms with van der Waals surface area (Å²) in [7, 11) is 0. The molecule has 1 saturated heterocycles. The van der Waals surface area contributed by atoms with E-state index in [-0.39, 0.29) is 0 Å². The summed E-state index contributed by atoms with van der Waals surface area (Å²) >= 11 is 0. The normalized spacial score (nSPS) is 21.5. The second-order valence-electron chi connectivity index (χ2n) is 7.92. The van der Waals surface area contributed by atoms with Gasteiger partial charge in [-0.2, -0.15) is 5.06 Å². The van der Waals surface area contributed by atoms with Crippen molar-refractivity contribution in [2.45, 2.75) is 102 Å². The number of hydrogen-bond donors (Lipinski definition) is 1. The van der Waals surface area contributed by atoms with E-state index in [1.807, 2.05) is 0 Å². The van der Waals surface area contributed by atoms with Crippen LogP contribution in [0.4, 0.5) is 0 Å². The zero-order valence-electron chi connectivity index (χ0n) is 16.3. The SMILES string of the molecule is CCCCCCCCCCCC[C@H]1C[C@@H](c2ccccc2)CCN1O. The maximum absolute atomic E-state index is 10.2. The molecule has 1 N–H and O–H groups in total. The van der Waals surface area contributed by atoms with Crippen LogP contribution in [0.5, 0.6) is 0 Å². The fraction of sp³-hybridized carbons (Fsp3) is 0.739. The molecule has 0 bridgehead atoms. The molecule has 1 heterocycles. The molecule has 1 aliphatic heterocycles. The van der Waals surface area contributed by atoms with Crippen molar-refractivity contribution >= 4 is 0 Å². The van der Waals surface area contributed by atoms with E-state index >= 15 is 0 Å². The molecule has 0 aromatic heterocycles. The lowest BCUT2D eigenvalue weighted by molar-refractivity contribution is -0.147. The van der Waals surface area contributed by atoms with Gasteiger partial charge in [0, 0.05) is 12.6 Å². The molecule has 1 aromatic rings. The highest BCUT2D eigenvalue weighted by Crippen LogP contribution is 2.32. The van der Waals surface area contributed by atoms with Gasteiger partial charge in [-0.3, -0.25) is 0 Å². The highest BCUT2D eigenvalue weighted by Gasteiger charge is 2.27. The molecule has 0 amide bonds. The quantitative estimate of drug-likeness (QED) is 0.415. The van der Waals surface area contributed by atoms with E-state index in [0.29, 0.717) is 12.0 Å². The van der Waals surface area contributed by atoms with Gasteiger partial charge in [0.1, 0.15) is 0 Å². The number of unbranched alkanes of at least 4 members (excludes halogenated alkanes) is 9. The molecule has 1 aromatic carbocycles. The highest BCUT2D eigenvalue weighted by atomic mass is 16.5.